The Kier molecular flexibility index (Phi) is 4.87. The minimum absolute atomic E-state index is 0.132. The minimum atomic E-state index is -0.548. The SMILES string of the molecule is COc1ccc(N2C(=O)CS[C@@H]2c2c(F)cccc2Cl)c(OC)c1. The van der Waals surface area contributed by atoms with Crippen molar-refractivity contribution in [3.63, 3.8) is 0 Å². The average Bonchev–Trinajstić information content (AvgIpc) is 2.95. The molecular formula is C17H15ClFNO3S. The Morgan fingerprint density at radius 1 is 1.25 bits per heavy atom. The molecule has 0 bridgehead atoms. The van der Waals surface area contributed by atoms with Crippen LogP contribution in [0.2, 0.25) is 5.02 Å². The topological polar surface area (TPSA) is 38.8 Å². The Hall–Kier alpha value is -1.92. The number of carbonyl (C=O) groups is 1. The first-order valence-electron chi connectivity index (χ1n) is 7.16. The predicted octanol–water partition coefficient (Wildman–Crippen LogP) is 4.27. The largest absolute Gasteiger partial charge is 0.497 e. The van der Waals surface area contributed by atoms with Gasteiger partial charge in [0.25, 0.3) is 0 Å². The highest BCUT2D eigenvalue weighted by Crippen LogP contribution is 2.47. The molecule has 1 fully saturated rings. The number of nitrogens with zero attached hydrogens (tertiary/aromatic N) is 1. The standard InChI is InChI=1S/C17H15ClFNO3S/c1-22-10-6-7-13(14(8-10)23-2)20-15(21)9-24-17(20)16-11(18)4-3-5-12(16)19/h3-8,17H,9H2,1-2H3/t17-/m1/s1. The summed E-state index contributed by atoms with van der Waals surface area (Å²) in [5.74, 6) is 0.753. The number of halogens is 2. The van der Waals surface area contributed by atoms with Crippen LogP contribution in [0.5, 0.6) is 11.5 Å². The van der Waals surface area contributed by atoms with Crippen molar-refractivity contribution in [3.8, 4) is 11.5 Å². The van der Waals surface area contributed by atoms with Gasteiger partial charge < -0.3 is 9.47 Å². The molecule has 126 valence electrons. The van der Waals surface area contributed by atoms with E-state index >= 15 is 0 Å². The molecule has 24 heavy (non-hydrogen) atoms. The van der Waals surface area contributed by atoms with E-state index in [1.54, 1.807) is 37.4 Å². The first kappa shape index (κ1) is 16.9. The van der Waals surface area contributed by atoms with E-state index in [0.717, 1.165) is 0 Å². The average molecular weight is 368 g/mol. The summed E-state index contributed by atoms with van der Waals surface area (Å²) in [6.07, 6.45) is 0. The molecule has 2 aromatic rings. The summed E-state index contributed by atoms with van der Waals surface area (Å²) < 4.78 is 24.9. The number of ether oxygens (including phenoxy) is 2. The van der Waals surface area contributed by atoms with Crippen molar-refractivity contribution in [2.75, 3.05) is 24.9 Å². The summed E-state index contributed by atoms with van der Waals surface area (Å²) in [5.41, 5.74) is 0.852. The van der Waals surface area contributed by atoms with Gasteiger partial charge in [0, 0.05) is 16.7 Å². The smallest absolute Gasteiger partial charge is 0.238 e. The number of hydrogen-bond donors (Lipinski definition) is 0. The van der Waals surface area contributed by atoms with Crippen LogP contribution in [0, 0.1) is 5.82 Å². The molecule has 1 aliphatic rings. The highest BCUT2D eigenvalue weighted by Gasteiger charge is 2.38. The second-order valence-electron chi connectivity index (χ2n) is 5.10. The molecule has 0 aromatic heterocycles. The lowest BCUT2D eigenvalue weighted by molar-refractivity contribution is -0.115. The molecule has 1 atom stereocenters. The van der Waals surface area contributed by atoms with E-state index in [2.05, 4.69) is 0 Å². The number of thioether (sulfide) groups is 1. The maximum absolute atomic E-state index is 14.3. The van der Waals surface area contributed by atoms with Crippen LogP contribution in [0.25, 0.3) is 0 Å². The molecule has 2 aromatic carbocycles. The third-order valence-corrected chi connectivity index (χ3v) is 5.27. The fourth-order valence-electron chi connectivity index (χ4n) is 2.63. The van der Waals surface area contributed by atoms with Crippen LogP contribution in [0.3, 0.4) is 0 Å². The van der Waals surface area contributed by atoms with E-state index in [4.69, 9.17) is 21.1 Å². The van der Waals surface area contributed by atoms with Gasteiger partial charge in [-0.1, -0.05) is 17.7 Å². The van der Waals surface area contributed by atoms with Gasteiger partial charge in [-0.2, -0.15) is 0 Å². The molecule has 0 saturated carbocycles. The van der Waals surface area contributed by atoms with Crippen LogP contribution in [0.1, 0.15) is 10.9 Å². The van der Waals surface area contributed by atoms with E-state index in [0.29, 0.717) is 27.8 Å². The van der Waals surface area contributed by atoms with Gasteiger partial charge in [-0.25, -0.2) is 4.39 Å². The van der Waals surface area contributed by atoms with Crippen LogP contribution < -0.4 is 14.4 Å². The zero-order chi connectivity index (χ0) is 17.3. The predicted molar refractivity (Wildman–Crippen MR) is 93.6 cm³/mol. The molecule has 0 spiro atoms. The van der Waals surface area contributed by atoms with Crippen molar-refractivity contribution in [1.82, 2.24) is 0 Å². The van der Waals surface area contributed by atoms with E-state index in [1.807, 2.05) is 0 Å². The summed E-state index contributed by atoms with van der Waals surface area (Å²) in [6.45, 7) is 0. The van der Waals surface area contributed by atoms with Crippen LogP contribution in [-0.4, -0.2) is 25.9 Å². The van der Waals surface area contributed by atoms with Crippen LogP contribution in [-0.2, 0) is 4.79 Å². The monoisotopic (exact) mass is 367 g/mol. The molecule has 0 aliphatic carbocycles. The van der Waals surface area contributed by atoms with E-state index in [1.165, 1.54) is 29.8 Å². The summed E-state index contributed by atoms with van der Waals surface area (Å²) >= 11 is 7.52. The quantitative estimate of drug-likeness (QED) is 0.808. The lowest BCUT2D eigenvalue weighted by atomic mass is 10.1. The van der Waals surface area contributed by atoms with Gasteiger partial charge in [0.15, 0.2) is 0 Å². The lowest BCUT2D eigenvalue weighted by Gasteiger charge is -2.27. The van der Waals surface area contributed by atoms with Crippen molar-refractivity contribution in [1.29, 1.82) is 0 Å². The van der Waals surface area contributed by atoms with Crippen LogP contribution in [0.15, 0.2) is 36.4 Å². The third kappa shape index (κ3) is 2.91. The molecule has 0 N–H and O–H groups in total. The molecule has 0 radical (unpaired) electrons. The molecule has 4 nitrogen and oxygen atoms in total. The van der Waals surface area contributed by atoms with Gasteiger partial charge in [-0.3, -0.25) is 9.69 Å². The van der Waals surface area contributed by atoms with Crippen molar-refractivity contribution in [2.24, 2.45) is 0 Å². The van der Waals surface area contributed by atoms with Crippen molar-refractivity contribution in [2.45, 2.75) is 5.37 Å². The van der Waals surface area contributed by atoms with Gasteiger partial charge in [0.1, 0.15) is 22.7 Å². The maximum Gasteiger partial charge on any atom is 0.238 e. The molecule has 1 heterocycles. The first-order chi connectivity index (χ1) is 11.6. The minimum Gasteiger partial charge on any atom is -0.497 e. The number of amides is 1. The van der Waals surface area contributed by atoms with E-state index in [-0.39, 0.29) is 11.7 Å². The second-order valence-corrected chi connectivity index (χ2v) is 6.58. The Morgan fingerprint density at radius 2 is 2.04 bits per heavy atom. The van der Waals surface area contributed by atoms with Gasteiger partial charge in [0.05, 0.1) is 25.7 Å². The molecular weight excluding hydrogens is 353 g/mol. The molecule has 0 unspecified atom stereocenters. The molecule has 3 rings (SSSR count). The number of rotatable bonds is 4. The third-order valence-electron chi connectivity index (χ3n) is 3.76. The van der Waals surface area contributed by atoms with Gasteiger partial charge in [-0.15, -0.1) is 11.8 Å². The number of carbonyl (C=O) groups excluding carboxylic acids is 1. The Morgan fingerprint density at radius 3 is 2.71 bits per heavy atom. The highest BCUT2D eigenvalue weighted by molar-refractivity contribution is 8.00. The highest BCUT2D eigenvalue weighted by atomic mass is 35.5. The Balaban J connectivity index is 2.10. The fourth-order valence-corrected chi connectivity index (χ4v) is 4.19. The molecule has 1 amide bonds. The number of anilines is 1. The van der Waals surface area contributed by atoms with Crippen molar-refractivity contribution in [3.05, 3.63) is 52.8 Å². The van der Waals surface area contributed by atoms with Crippen LogP contribution in [0.4, 0.5) is 10.1 Å². The summed E-state index contributed by atoms with van der Waals surface area (Å²) in [7, 11) is 3.06. The molecule has 1 saturated heterocycles. The number of methoxy groups -OCH3 is 2. The summed E-state index contributed by atoms with van der Waals surface area (Å²) in [5, 5.41) is -0.256. The Bertz CT molecular complexity index is 766. The van der Waals surface area contributed by atoms with Crippen LogP contribution >= 0.6 is 23.4 Å². The zero-order valence-electron chi connectivity index (χ0n) is 13.1. The summed E-state index contributed by atoms with van der Waals surface area (Å²) in [6, 6.07) is 9.64. The van der Waals surface area contributed by atoms with Gasteiger partial charge in [0.2, 0.25) is 5.91 Å². The van der Waals surface area contributed by atoms with E-state index in [9.17, 15) is 9.18 Å². The van der Waals surface area contributed by atoms with Gasteiger partial charge >= 0.3 is 0 Å². The van der Waals surface area contributed by atoms with E-state index < -0.39 is 11.2 Å². The first-order valence-corrected chi connectivity index (χ1v) is 8.59. The number of benzene rings is 2. The number of hydrogen-bond acceptors (Lipinski definition) is 4. The van der Waals surface area contributed by atoms with Gasteiger partial charge in [-0.05, 0) is 24.3 Å². The van der Waals surface area contributed by atoms with Crippen molar-refractivity contribution >= 4 is 35.0 Å². The second kappa shape index (κ2) is 6.91. The zero-order valence-corrected chi connectivity index (χ0v) is 14.7. The molecule has 1 aliphatic heterocycles. The maximum atomic E-state index is 14.3. The normalized spacial score (nSPS) is 17.2. The van der Waals surface area contributed by atoms with Crippen molar-refractivity contribution < 1.29 is 18.7 Å². The summed E-state index contributed by atoms with van der Waals surface area (Å²) in [4.78, 5) is 14.0. The molecule has 7 heteroatoms. The lowest BCUT2D eigenvalue weighted by Crippen LogP contribution is -2.28. The Labute approximate surface area is 148 Å². The fraction of sp³-hybridized carbons (Fsp3) is 0.235.